The van der Waals surface area contributed by atoms with Crippen LogP contribution >= 0.6 is 22.6 Å². The fourth-order valence-electron chi connectivity index (χ4n) is 3.52. The van der Waals surface area contributed by atoms with E-state index in [4.69, 9.17) is 4.74 Å². The van der Waals surface area contributed by atoms with Crippen LogP contribution in [0.1, 0.15) is 46.0 Å². The van der Waals surface area contributed by atoms with Crippen LogP contribution in [0.3, 0.4) is 0 Å². The highest BCUT2D eigenvalue weighted by Gasteiger charge is 2.48. The van der Waals surface area contributed by atoms with E-state index in [-0.39, 0.29) is 5.60 Å². The highest BCUT2D eigenvalue weighted by molar-refractivity contribution is 14.1. The Labute approximate surface area is 113 Å². The Morgan fingerprint density at radius 1 is 1.50 bits per heavy atom. The Hall–Kier alpha value is 0.430. The Balaban J connectivity index is 2.16. The second-order valence-electron chi connectivity index (χ2n) is 5.42. The number of hydrogen-bond acceptors (Lipinski definition) is 1. The van der Waals surface area contributed by atoms with E-state index in [9.17, 15) is 0 Å². The molecule has 1 saturated heterocycles. The van der Waals surface area contributed by atoms with Gasteiger partial charge in [-0.05, 0) is 44.4 Å². The zero-order valence-corrected chi connectivity index (χ0v) is 12.6. The Bertz CT molecular complexity index is 266. The summed E-state index contributed by atoms with van der Waals surface area (Å²) in [6, 6.07) is 0. The van der Waals surface area contributed by atoms with E-state index >= 15 is 0 Å². The fraction of sp³-hybridized carbons (Fsp3) is 0.857. The number of fused-ring (bicyclic) bond motifs is 1. The molecule has 92 valence electrons. The van der Waals surface area contributed by atoms with Crippen molar-refractivity contribution in [2.75, 3.05) is 11.0 Å². The average molecular weight is 334 g/mol. The molecule has 1 heterocycles. The molecule has 0 amide bonds. The fourth-order valence-corrected chi connectivity index (χ4v) is 4.43. The van der Waals surface area contributed by atoms with Gasteiger partial charge in [-0.15, -0.1) is 0 Å². The number of halogens is 1. The van der Waals surface area contributed by atoms with Gasteiger partial charge in [0.2, 0.25) is 0 Å². The summed E-state index contributed by atoms with van der Waals surface area (Å²) in [6.07, 6.45) is 8.71. The van der Waals surface area contributed by atoms with Crippen molar-refractivity contribution in [2.45, 2.75) is 51.6 Å². The molecule has 2 heteroatoms. The molecular weight excluding hydrogens is 311 g/mol. The van der Waals surface area contributed by atoms with E-state index in [1.807, 2.05) is 0 Å². The SMILES string of the molecule is CCCC1(CCI)OCC2CC=C(C)CC21. The van der Waals surface area contributed by atoms with Gasteiger partial charge in [-0.2, -0.15) is 0 Å². The van der Waals surface area contributed by atoms with Crippen LogP contribution in [0.15, 0.2) is 11.6 Å². The van der Waals surface area contributed by atoms with Crippen molar-refractivity contribution >= 4 is 22.6 Å². The zero-order chi connectivity index (χ0) is 11.6. The normalized spacial score (nSPS) is 38.3. The molecule has 0 aromatic rings. The van der Waals surface area contributed by atoms with Gasteiger partial charge in [-0.3, -0.25) is 0 Å². The molecule has 1 aliphatic heterocycles. The van der Waals surface area contributed by atoms with Crippen LogP contribution in [0.4, 0.5) is 0 Å². The van der Waals surface area contributed by atoms with Crippen LogP contribution < -0.4 is 0 Å². The standard InChI is InChI=1S/C14H23IO/c1-3-6-14(7-8-15)13-9-11(2)4-5-12(13)10-16-14/h4,12-13H,3,5-10H2,1-2H3. The van der Waals surface area contributed by atoms with Gasteiger partial charge in [0, 0.05) is 4.43 Å². The maximum absolute atomic E-state index is 6.28. The minimum atomic E-state index is 0.218. The van der Waals surface area contributed by atoms with Gasteiger partial charge in [0.1, 0.15) is 0 Å². The third kappa shape index (κ3) is 2.33. The first-order chi connectivity index (χ1) is 7.72. The van der Waals surface area contributed by atoms with E-state index in [2.05, 4.69) is 42.5 Å². The lowest BCUT2D eigenvalue weighted by atomic mass is 9.70. The van der Waals surface area contributed by atoms with Gasteiger partial charge in [0.15, 0.2) is 0 Å². The number of ether oxygens (including phenoxy) is 1. The lowest BCUT2D eigenvalue weighted by Gasteiger charge is -2.37. The van der Waals surface area contributed by atoms with E-state index < -0.39 is 0 Å². The van der Waals surface area contributed by atoms with Crippen molar-refractivity contribution in [1.29, 1.82) is 0 Å². The minimum Gasteiger partial charge on any atom is -0.374 e. The summed E-state index contributed by atoms with van der Waals surface area (Å²) >= 11 is 2.50. The van der Waals surface area contributed by atoms with E-state index in [1.54, 1.807) is 5.57 Å². The first-order valence-corrected chi connectivity index (χ1v) is 8.10. The molecule has 0 aromatic heterocycles. The van der Waals surface area contributed by atoms with Gasteiger partial charge in [0.25, 0.3) is 0 Å². The van der Waals surface area contributed by atoms with Crippen molar-refractivity contribution in [2.24, 2.45) is 11.8 Å². The molecule has 0 spiro atoms. The van der Waals surface area contributed by atoms with Crippen molar-refractivity contribution in [3.05, 3.63) is 11.6 Å². The monoisotopic (exact) mass is 334 g/mol. The summed E-state index contributed by atoms with van der Waals surface area (Å²) < 4.78 is 7.50. The Morgan fingerprint density at radius 2 is 2.31 bits per heavy atom. The van der Waals surface area contributed by atoms with E-state index in [1.165, 1.54) is 36.5 Å². The van der Waals surface area contributed by atoms with Crippen molar-refractivity contribution in [3.63, 3.8) is 0 Å². The van der Waals surface area contributed by atoms with Crippen molar-refractivity contribution in [1.82, 2.24) is 0 Å². The average Bonchev–Trinajstić information content (AvgIpc) is 2.59. The summed E-state index contributed by atoms with van der Waals surface area (Å²) in [7, 11) is 0. The molecule has 0 radical (unpaired) electrons. The number of alkyl halides is 1. The summed E-state index contributed by atoms with van der Waals surface area (Å²) in [4.78, 5) is 0. The largest absolute Gasteiger partial charge is 0.374 e. The molecule has 0 saturated carbocycles. The topological polar surface area (TPSA) is 9.23 Å². The van der Waals surface area contributed by atoms with E-state index in [0.29, 0.717) is 0 Å². The third-order valence-corrected chi connectivity index (χ3v) is 4.87. The predicted molar refractivity (Wildman–Crippen MR) is 77.1 cm³/mol. The molecule has 2 rings (SSSR count). The lowest BCUT2D eigenvalue weighted by molar-refractivity contribution is -0.0308. The molecule has 1 fully saturated rings. The number of allylic oxidation sites excluding steroid dienone is 2. The van der Waals surface area contributed by atoms with Gasteiger partial charge in [-0.1, -0.05) is 47.6 Å². The number of hydrogen-bond donors (Lipinski definition) is 0. The van der Waals surface area contributed by atoms with Gasteiger partial charge in [-0.25, -0.2) is 0 Å². The highest BCUT2D eigenvalue weighted by atomic mass is 127. The summed E-state index contributed by atoms with van der Waals surface area (Å²) in [5.74, 6) is 1.60. The van der Waals surface area contributed by atoms with Gasteiger partial charge < -0.3 is 4.74 Å². The smallest absolute Gasteiger partial charge is 0.0724 e. The molecule has 2 aliphatic rings. The molecule has 0 bridgehead atoms. The Morgan fingerprint density at radius 3 is 3.00 bits per heavy atom. The summed E-state index contributed by atoms with van der Waals surface area (Å²) in [5, 5.41) is 0. The van der Waals surface area contributed by atoms with Crippen molar-refractivity contribution in [3.8, 4) is 0 Å². The van der Waals surface area contributed by atoms with Gasteiger partial charge >= 0.3 is 0 Å². The van der Waals surface area contributed by atoms with E-state index in [0.717, 1.165) is 18.4 Å². The molecule has 3 atom stereocenters. The highest BCUT2D eigenvalue weighted by Crippen LogP contribution is 2.48. The molecule has 3 unspecified atom stereocenters. The minimum absolute atomic E-state index is 0.218. The first kappa shape index (κ1) is 12.9. The van der Waals surface area contributed by atoms with Crippen LogP contribution in [-0.2, 0) is 4.74 Å². The van der Waals surface area contributed by atoms with Crippen LogP contribution in [0.5, 0.6) is 0 Å². The van der Waals surface area contributed by atoms with Crippen LogP contribution in [0, 0.1) is 11.8 Å². The first-order valence-electron chi connectivity index (χ1n) is 6.57. The van der Waals surface area contributed by atoms with Gasteiger partial charge in [0.05, 0.1) is 12.2 Å². The molecular formula is C14H23IO. The summed E-state index contributed by atoms with van der Waals surface area (Å²) in [5.41, 5.74) is 1.80. The molecule has 16 heavy (non-hydrogen) atoms. The second-order valence-corrected chi connectivity index (χ2v) is 6.50. The molecule has 1 nitrogen and oxygen atoms in total. The molecule has 0 N–H and O–H groups in total. The molecule has 1 aliphatic carbocycles. The lowest BCUT2D eigenvalue weighted by Crippen LogP contribution is -2.38. The number of rotatable bonds is 4. The second kappa shape index (κ2) is 5.38. The molecule has 0 aromatic carbocycles. The third-order valence-electron chi connectivity index (χ3n) is 4.33. The maximum Gasteiger partial charge on any atom is 0.0724 e. The van der Waals surface area contributed by atoms with Crippen molar-refractivity contribution < 1.29 is 4.74 Å². The van der Waals surface area contributed by atoms with Crippen LogP contribution in [0.25, 0.3) is 0 Å². The summed E-state index contributed by atoms with van der Waals surface area (Å²) in [6.45, 7) is 5.58. The van der Waals surface area contributed by atoms with Crippen LogP contribution in [0.2, 0.25) is 0 Å². The predicted octanol–water partition coefficient (Wildman–Crippen LogP) is 4.35. The Kier molecular flexibility index (Phi) is 4.33. The zero-order valence-electron chi connectivity index (χ0n) is 10.5. The van der Waals surface area contributed by atoms with Crippen LogP contribution in [-0.4, -0.2) is 16.6 Å². The quantitative estimate of drug-likeness (QED) is 0.422. The maximum atomic E-state index is 6.28.